The molecule has 1 fully saturated rings. The van der Waals surface area contributed by atoms with Gasteiger partial charge in [-0.2, -0.15) is 0 Å². The Balaban J connectivity index is 2.41. The molecule has 6 heteroatoms. The fourth-order valence-corrected chi connectivity index (χ4v) is 3.27. The summed E-state index contributed by atoms with van der Waals surface area (Å²) in [6, 6.07) is 0. The van der Waals surface area contributed by atoms with Crippen LogP contribution < -0.4 is 10.5 Å². The third kappa shape index (κ3) is 3.71. The van der Waals surface area contributed by atoms with Gasteiger partial charge in [0.05, 0.1) is 5.75 Å². The fourth-order valence-electron chi connectivity index (χ4n) is 1.73. The first kappa shape index (κ1) is 12.9. The van der Waals surface area contributed by atoms with Crippen LogP contribution in [0.25, 0.3) is 0 Å². The smallest absolute Gasteiger partial charge is 0.212 e. The molecule has 0 aromatic carbocycles. The molecular weight excluding hydrogens is 216 g/mol. The van der Waals surface area contributed by atoms with Crippen LogP contribution in [0.1, 0.15) is 25.7 Å². The Morgan fingerprint density at radius 2 is 2.13 bits per heavy atom. The van der Waals surface area contributed by atoms with Gasteiger partial charge in [-0.25, -0.2) is 13.1 Å². The van der Waals surface area contributed by atoms with Crippen molar-refractivity contribution in [3.05, 3.63) is 0 Å². The van der Waals surface area contributed by atoms with Crippen LogP contribution in [0.15, 0.2) is 0 Å². The lowest BCUT2D eigenvalue weighted by atomic mass is 9.78. The normalized spacial score (nSPS) is 19.9. The first-order valence-corrected chi connectivity index (χ1v) is 6.89. The lowest BCUT2D eigenvalue weighted by Crippen LogP contribution is -2.58. The highest BCUT2D eigenvalue weighted by Crippen LogP contribution is 2.31. The summed E-state index contributed by atoms with van der Waals surface area (Å²) in [7, 11) is -1.63. The van der Waals surface area contributed by atoms with Gasteiger partial charge < -0.3 is 10.5 Å². The Morgan fingerprint density at radius 3 is 2.53 bits per heavy atom. The maximum Gasteiger partial charge on any atom is 0.212 e. The zero-order valence-corrected chi connectivity index (χ0v) is 9.98. The van der Waals surface area contributed by atoms with Gasteiger partial charge >= 0.3 is 0 Å². The second-order valence-electron chi connectivity index (χ2n) is 4.11. The van der Waals surface area contributed by atoms with Crippen LogP contribution in [-0.2, 0) is 14.8 Å². The van der Waals surface area contributed by atoms with Crippen molar-refractivity contribution in [2.45, 2.75) is 31.2 Å². The van der Waals surface area contributed by atoms with Gasteiger partial charge in [-0.3, -0.25) is 0 Å². The molecule has 1 rings (SSSR count). The van der Waals surface area contributed by atoms with E-state index < -0.39 is 10.0 Å². The summed E-state index contributed by atoms with van der Waals surface area (Å²) >= 11 is 0. The summed E-state index contributed by atoms with van der Waals surface area (Å²) in [6.45, 7) is 0.854. The minimum absolute atomic E-state index is 0.114. The van der Waals surface area contributed by atoms with Gasteiger partial charge in [-0.15, -0.1) is 0 Å². The molecule has 5 nitrogen and oxygen atoms in total. The minimum Gasteiger partial charge on any atom is -0.385 e. The highest BCUT2D eigenvalue weighted by molar-refractivity contribution is 7.89. The van der Waals surface area contributed by atoms with Gasteiger partial charge in [-0.05, 0) is 25.7 Å². The molecule has 0 atom stereocenters. The topological polar surface area (TPSA) is 81.4 Å². The van der Waals surface area contributed by atoms with Crippen molar-refractivity contribution < 1.29 is 13.2 Å². The van der Waals surface area contributed by atoms with Crippen LogP contribution in [0.4, 0.5) is 0 Å². The Hall–Kier alpha value is -0.170. The molecule has 0 heterocycles. The third-order valence-electron chi connectivity index (χ3n) is 2.83. The maximum atomic E-state index is 11.7. The molecule has 0 aromatic rings. The number of methoxy groups -OCH3 is 1. The van der Waals surface area contributed by atoms with E-state index in [1.807, 2.05) is 0 Å². The van der Waals surface area contributed by atoms with E-state index in [1.165, 1.54) is 0 Å². The Bertz CT molecular complexity index is 280. The maximum absolute atomic E-state index is 11.7. The Labute approximate surface area is 91.4 Å². The molecule has 1 aliphatic rings. The van der Waals surface area contributed by atoms with Crippen molar-refractivity contribution in [3.8, 4) is 0 Å². The van der Waals surface area contributed by atoms with Crippen LogP contribution in [0, 0.1) is 0 Å². The molecule has 15 heavy (non-hydrogen) atoms. The summed E-state index contributed by atoms with van der Waals surface area (Å²) < 4.78 is 30.8. The molecule has 0 spiro atoms. The summed E-state index contributed by atoms with van der Waals surface area (Å²) in [5.41, 5.74) is 5.22. The number of ether oxygens (including phenoxy) is 1. The van der Waals surface area contributed by atoms with Crippen molar-refractivity contribution >= 4 is 10.0 Å². The molecule has 90 valence electrons. The van der Waals surface area contributed by atoms with Gasteiger partial charge in [0.1, 0.15) is 0 Å². The highest BCUT2D eigenvalue weighted by atomic mass is 32.2. The van der Waals surface area contributed by atoms with Crippen molar-refractivity contribution in [1.29, 1.82) is 0 Å². The molecule has 1 saturated carbocycles. The lowest BCUT2D eigenvalue weighted by molar-refractivity contribution is 0.198. The Kier molecular flexibility index (Phi) is 4.51. The molecule has 0 aromatic heterocycles. The SMILES string of the molecule is COCCCS(=O)(=O)NC1(CN)CCC1. The summed E-state index contributed by atoms with van der Waals surface area (Å²) in [4.78, 5) is 0. The molecule has 0 unspecified atom stereocenters. The first-order chi connectivity index (χ1) is 7.04. The highest BCUT2D eigenvalue weighted by Gasteiger charge is 2.38. The van der Waals surface area contributed by atoms with Crippen LogP contribution in [0.3, 0.4) is 0 Å². The Morgan fingerprint density at radius 1 is 1.47 bits per heavy atom. The molecule has 0 bridgehead atoms. The zero-order valence-electron chi connectivity index (χ0n) is 9.16. The van der Waals surface area contributed by atoms with E-state index in [2.05, 4.69) is 4.72 Å². The van der Waals surface area contributed by atoms with Crippen molar-refractivity contribution in [2.75, 3.05) is 26.0 Å². The number of sulfonamides is 1. The number of nitrogens with two attached hydrogens (primary N) is 1. The van der Waals surface area contributed by atoms with E-state index in [-0.39, 0.29) is 11.3 Å². The van der Waals surface area contributed by atoms with Crippen molar-refractivity contribution in [1.82, 2.24) is 4.72 Å². The number of nitrogens with one attached hydrogen (secondary N) is 1. The summed E-state index contributed by atoms with van der Waals surface area (Å²) in [5, 5.41) is 0. The first-order valence-electron chi connectivity index (χ1n) is 5.24. The van der Waals surface area contributed by atoms with Gasteiger partial charge in [-0.1, -0.05) is 0 Å². The average Bonchev–Trinajstić information content (AvgIpc) is 2.12. The standard InChI is InChI=1S/C9H20N2O3S/c1-14-6-3-7-15(12,13)11-9(8-10)4-2-5-9/h11H,2-8,10H2,1H3. The largest absolute Gasteiger partial charge is 0.385 e. The summed E-state index contributed by atoms with van der Waals surface area (Å²) in [6.07, 6.45) is 3.28. The van der Waals surface area contributed by atoms with Crippen LogP contribution in [0.5, 0.6) is 0 Å². The van der Waals surface area contributed by atoms with Gasteiger partial charge in [0, 0.05) is 25.8 Å². The van der Waals surface area contributed by atoms with Crippen LogP contribution in [0.2, 0.25) is 0 Å². The second-order valence-corrected chi connectivity index (χ2v) is 5.95. The number of hydrogen-bond acceptors (Lipinski definition) is 4. The monoisotopic (exact) mass is 236 g/mol. The third-order valence-corrected chi connectivity index (χ3v) is 4.41. The predicted octanol–water partition coefficient (Wildman–Crippen LogP) is -0.176. The number of rotatable bonds is 7. The fraction of sp³-hybridized carbons (Fsp3) is 1.00. The van der Waals surface area contributed by atoms with E-state index in [4.69, 9.17) is 10.5 Å². The molecule has 0 radical (unpaired) electrons. The van der Waals surface area contributed by atoms with Crippen LogP contribution >= 0.6 is 0 Å². The number of hydrogen-bond donors (Lipinski definition) is 2. The van der Waals surface area contributed by atoms with E-state index in [9.17, 15) is 8.42 Å². The zero-order chi connectivity index (χ0) is 11.4. The van der Waals surface area contributed by atoms with E-state index in [1.54, 1.807) is 7.11 Å². The molecule has 3 N–H and O–H groups in total. The molecule has 0 saturated heterocycles. The molecule has 0 amide bonds. The second kappa shape index (κ2) is 5.25. The quantitative estimate of drug-likeness (QED) is 0.601. The van der Waals surface area contributed by atoms with E-state index in [0.29, 0.717) is 19.6 Å². The van der Waals surface area contributed by atoms with Crippen molar-refractivity contribution in [3.63, 3.8) is 0 Å². The van der Waals surface area contributed by atoms with E-state index >= 15 is 0 Å². The minimum atomic E-state index is -3.19. The van der Waals surface area contributed by atoms with Gasteiger partial charge in [0.25, 0.3) is 0 Å². The van der Waals surface area contributed by atoms with E-state index in [0.717, 1.165) is 19.3 Å². The average molecular weight is 236 g/mol. The molecular formula is C9H20N2O3S. The predicted molar refractivity (Wildman–Crippen MR) is 59.1 cm³/mol. The van der Waals surface area contributed by atoms with Gasteiger partial charge in [0.2, 0.25) is 10.0 Å². The summed E-state index contributed by atoms with van der Waals surface area (Å²) in [5.74, 6) is 0.114. The van der Waals surface area contributed by atoms with Crippen molar-refractivity contribution in [2.24, 2.45) is 5.73 Å². The molecule has 1 aliphatic carbocycles. The van der Waals surface area contributed by atoms with Gasteiger partial charge in [0.15, 0.2) is 0 Å². The van der Waals surface area contributed by atoms with Crippen LogP contribution in [-0.4, -0.2) is 40.0 Å². The lowest BCUT2D eigenvalue weighted by Gasteiger charge is -2.41. The molecule has 0 aliphatic heterocycles.